The van der Waals surface area contributed by atoms with E-state index in [0.717, 1.165) is 64.8 Å². The Morgan fingerprint density at radius 3 is 2.52 bits per heavy atom. The summed E-state index contributed by atoms with van der Waals surface area (Å²) in [7, 11) is 1.44. The van der Waals surface area contributed by atoms with Gasteiger partial charge in [-0.2, -0.15) is 0 Å². The average Bonchev–Trinajstić information content (AvgIpc) is 2.48. The van der Waals surface area contributed by atoms with Gasteiger partial charge in [-0.25, -0.2) is 0 Å². The van der Waals surface area contributed by atoms with Crippen LogP contribution in [0.15, 0.2) is 0 Å². The van der Waals surface area contributed by atoms with Gasteiger partial charge in [0, 0.05) is 19.8 Å². The van der Waals surface area contributed by atoms with Crippen molar-refractivity contribution in [3.8, 4) is 0 Å². The van der Waals surface area contributed by atoms with E-state index in [2.05, 4.69) is 0 Å². The molecule has 0 spiro atoms. The lowest BCUT2D eigenvalue weighted by Gasteiger charge is -2.32. The monoisotopic (exact) mass is 300 g/mol. The molecule has 2 aliphatic rings. The van der Waals surface area contributed by atoms with Crippen LogP contribution in [-0.2, 0) is 23.7 Å². The van der Waals surface area contributed by atoms with E-state index in [9.17, 15) is 4.79 Å². The van der Waals surface area contributed by atoms with E-state index in [4.69, 9.17) is 18.9 Å². The summed E-state index contributed by atoms with van der Waals surface area (Å²) in [4.78, 5) is 11.2. The van der Waals surface area contributed by atoms with Crippen molar-refractivity contribution in [1.29, 1.82) is 0 Å². The molecule has 0 N–H and O–H groups in total. The maximum Gasteiger partial charge on any atom is 0.308 e. The Hall–Kier alpha value is -0.650. The van der Waals surface area contributed by atoms with Crippen molar-refractivity contribution in [2.45, 2.75) is 63.8 Å². The SMILES string of the molecule is COC(=O)C1CC(OCCCCCOC2CCCCO2)C1. The number of methoxy groups -OCH3 is 1. The molecule has 1 saturated carbocycles. The number of hydrogen-bond donors (Lipinski definition) is 0. The summed E-state index contributed by atoms with van der Waals surface area (Å²) in [6.07, 6.45) is 8.53. The third kappa shape index (κ3) is 5.93. The number of ether oxygens (including phenoxy) is 4. The lowest BCUT2D eigenvalue weighted by Crippen LogP contribution is -2.37. The van der Waals surface area contributed by atoms with Crippen LogP contribution in [0.5, 0.6) is 0 Å². The van der Waals surface area contributed by atoms with Crippen LogP contribution in [0.4, 0.5) is 0 Å². The molecule has 1 aliphatic carbocycles. The van der Waals surface area contributed by atoms with E-state index < -0.39 is 0 Å². The fraction of sp³-hybridized carbons (Fsp3) is 0.938. The van der Waals surface area contributed by atoms with Gasteiger partial charge in [-0.1, -0.05) is 0 Å². The van der Waals surface area contributed by atoms with Gasteiger partial charge < -0.3 is 18.9 Å². The van der Waals surface area contributed by atoms with Gasteiger partial charge in [0.05, 0.1) is 19.1 Å². The second-order valence-electron chi connectivity index (χ2n) is 5.91. The Morgan fingerprint density at radius 1 is 1.10 bits per heavy atom. The number of carbonyl (C=O) groups is 1. The van der Waals surface area contributed by atoms with E-state index in [0.29, 0.717) is 0 Å². The molecule has 1 aliphatic heterocycles. The Morgan fingerprint density at radius 2 is 1.86 bits per heavy atom. The molecule has 0 bridgehead atoms. The van der Waals surface area contributed by atoms with Crippen LogP contribution >= 0.6 is 0 Å². The molecule has 5 heteroatoms. The van der Waals surface area contributed by atoms with Gasteiger partial charge in [-0.15, -0.1) is 0 Å². The number of carbonyl (C=O) groups excluding carboxylic acids is 1. The molecular formula is C16H28O5. The van der Waals surface area contributed by atoms with Crippen LogP contribution in [0.25, 0.3) is 0 Å². The van der Waals surface area contributed by atoms with Crippen molar-refractivity contribution in [2.24, 2.45) is 5.92 Å². The van der Waals surface area contributed by atoms with E-state index in [1.807, 2.05) is 0 Å². The van der Waals surface area contributed by atoms with Crippen LogP contribution in [-0.4, -0.2) is 45.3 Å². The first-order valence-corrected chi connectivity index (χ1v) is 8.22. The van der Waals surface area contributed by atoms with Gasteiger partial charge in [-0.3, -0.25) is 4.79 Å². The Labute approximate surface area is 127 Å². The summed E-state index contributed by atoms with van der Waals surface area (Å²) in [5.74, 6) is -0.0409. The third-order valence-electron chi connectivity index (χ3n) is 4.21. The number of unbranched alkanes of at least 4 members (excludes halogenated alkanes) is 2. The zero-order valence-corrected chi connectivity index (χ0v) is 13.1. The lowest BCUT2D eigenvalue weighted by atomic mass is 9.82. The first-order valence-electron chi connectivity index (χ1n) is 8.22. The smallest absolute Gasteiger partial charge is 0.308 e. The van der Waals surface area contributed by atoms with Gasteiger partial charge in [0.15, 0.2) is 6.29 Å². The molecule has 122 valence electrons. The largest absolute Gasteiger partial charge is 0.469 e. The molecule has 0 aromatic carbocycles. The Bertz CT molecular complexity index is 295. The molecular weight excluding hydrogens is 272 g/mol. The standard InChI is InChI=1S/C16H28O5/c1-18-16(17)13-11-14(12-13)19-8-4-2-5-9-20-15-7-3-6-10-21-15/h13-15H,2-12H2,1H3. The molecule has 5 nitrogen and oxygen atoms in total. The molecule has 21 heavy (non-hydrogen) atoms. The summed E-state index contributed by atoms with van der Waals surface area (Å²) < 4.78 is 21.6. The van der Waals surface area contributed by atoms with Gasteiger partial charge in [0.2, 0.25) is 0 Å². The van der Waals surface area contributed by atoms with Crippen molar-refractivity contribution < 1.29 is 23.7 Å². The maximum atomic E-state index is 11.2. The van der Waals surface area contributed by atoms with Crippen molar-refractivity contribution in [2.75, 3.05) is 26.9 Å². The maximum absolute atomic E-state index is 11.2. The first-order chi connectivity index (χ1) is 10.3. The highest BCUT2D eigenvalue weighted by molar-refractivity contribution is 5.73. The minimum Gasteiger partial charge on any atom is -0.469 e. The Balaban J connectivity index is 1.35. The molecule has 2 rings (SSSR count). The summed E-state index contributed by atoms with van der Waals surface area (Å²) >= 11 is 0. The molecule has 0 aromatic heterocycles. The molecule has 0 amide bonds. The number of esters is 1. The number of rotatable bonds is 9. The zero-order valence-electron chi connectivity index (χ0n) is 13.1. The van der Waals surface area contributed by atoms with Crippen LogP contribution in [0, 0.1) is 5.92 Å². The van der Waals surface area contributed by atoms with Gasteiger partial charge in [0.1, 0.15) is 0 Å². The van der Waals surface area contributed by atoms with Crippen LogP contribution < -0.4 is 0 Å². The van der Waals surface area contributed by atoms with Gasteiger partial charge in [0.25, 0.3) is 0 Å². The molecule has 0 radical (unpaired) electrons. The molecule has 1 unspecified atom stereocenters. The van der Waals surface area contributed by atoms with Gasteiger partial charge in [-0.05, 0) is 51.4 Å². The fourth-order valence-electron chi connectivity index (χ4n) is 2.75. The predicted octanol–water partition coefficient (Wildman–Crippen LogP) is 2.67. The fourth-order valence-corrected chi connectivity index (χ4v) is 2.75. The summed E-state index contributed by atoms with van der Waals surface area (Å²) in [6, 6.07) is 0. The van der Waals surface area contributed by atoms with Crippen molar-refractivity contribution in [1.82, 2.24) is 0 Å². The topological polar surface area (TPSA) is 54.0 Å². The highest BCUT2D eigenvalue weighted by Gasteiger charge is 2.35. The first kappa shape index (κ1) is 16.7. The summed E-state index contributed by atoms with van der Waals surface area (Å²) in [5, 5.41) is 0. The highest BCUT2D eigenvalue weighted by atomic mass is 16.7. The average molecular weight is 300 g/mol. The van der Waals surface area contributed by atoms with Crippen LogP contribution in [0.1, 0.15) is 51.4 Å². The second kappa shape index (κ2) is 9.38. The number of hydrogen-bond acceptors (Lipinski definition) is 5. The molecule has 1 atom stereocenters. The second-order valence-corrected chi connectivity index (χ2v) is 5.91. The molecule has 0 aromatic rings. The predicted molar refractivity (Wildman–Crippen MR) is 77.9 cm³/mol. The van der Waals surface area contributed by atoms with Crippen LogP contribution in [0.2, 0.25) is 0 Å². The highest BCUT2D eigenvalue weighted by Crippen LogP contribution is 2.31. The van der Waals surface area contributed by atoms with Gasteiger partial charge >= 0.3 is 5.97 Å². The van der Waals surface area contributed by atoms with E-state index in [1.165, 1.54) is 13.5 Å². The van der Waals surface area contributed by atoms with E-state index in [-0.39, 0.29) is 24.3 Å². The van der Waals surface area contributed by atoms with Crippen molar-refractivity contribution >= 4 is 5.97 Å². The van der Waals surface area contributed by atoms with Crippen molar-refractivity contribution in [3.05, 3.63) is 0 Å². The normalized spacial score (nSPS) is 28.9. The summed E-state index contributed by atoms with van der Waals surface area (Å²) in [6.45, 7) is 2.39. The summed E-state index contributed by atoms with van der Waals surface area (Å²) in [5.41, 5.74) is 0. The third-order valence-corrected chi connectivity index (χ3v) is 4.21. The molecule has 1 saturated heterocycles. The van der Waals surface area contributed by atoms with Crippen LogP contribution in [0.3, 0.4) is 0 Å². The molecule has 2 fully saturated rings. The quantitative estimate of drug-likeness (QED) is 0.484. The minimum atomic E-state index is -0.100. The lowest BCUT2D eigenvalue weighted by molar-refractivity contribution is -0.163. The Kier molecular flexibility index (Phi) is 7.47. The van der Waals surface area contributed by atoms with E-state index in [1.54, 1.807) is 0 Å². The van der Waals surface area contributed by atoms with Crippen molar-refractivity contribution in [3.63, 3.8) is 0 Å². The minimum absolute atomic E-state index is 0.0280. The van der Waals surface area contributed by atoms with E-state index >= 15 is 0 Å². The zero-order chi connectivity index (χ0) is 14.9. The molecule has 1 heterocycles.